The minimum Gasteiger partial charge on any atom is -0.481 e. The third-order valence-electron chi connectivity index (χ3n) is 3.14. The summed E-state index contributed by atoms with van der Waals surface area (Å²) in [6.45, 7) is 7.64. The summed E-state index contributed by atoms with van der Waals surface area (Å²) in [6, 6.07) is 0.136. The van der Waals surface area contributed by atoms with Crippen molar-refractivity contribution in [1.29, 1.82) is 0 Å². The van der Waals surface area contributed by atoms with Crippen molar-refractivity contribution < 1.29 is 14.7 Å². The maximum Gasteiger partial charge on any atom is 0.320 e. The van der Waals surface area contributed by atoms with Crippen molar-refractivity contribution in [2.24, 2.45) is 5.92 Å². The number of carboxylic acid groups (broad SMARTS) is 1. The molecule has 0 spiro atoms. The number of carbonyl (C=O) groups excluding carboxylic acids is 1. The maximum atomic E-state index is 12.2. The van der Waals surface area contributed by atoms with Crippen molar-refractivity contribution in [1.82, 2.24) is 9.80 Å². The summed E-state index contributed by atoms with van der Waals surface area (Å²) in [7, 11) is 0. The first kappa shape index (κ1) is 13.8. The quantitative estimate of drug-likeness (QED) is 0.815. The molecule has 17 heavy (non-hydrogen) atoms. The molecule has 98 valence electrons. The Bertz CT molecular complexity index is 291. The second kappa shape index (κ2) is 5.89. The molecule has 0 aromatic rings. The standard InChI is InChI=1S/C12H22N2O3/c1-4-6-14(9(2)3)12(17)13-7-5-10(8-13)11(15)16/h9-10H,4-8H2,1-3H3,(H,15,16). The second-order valence-corrected chi connectivity index (χ2v) is 4.84. The van der Waals surface area contributed by atoms with Crippen molar-refractivity contribution in [2.75, 3.05) is 19.6 Å². The van der Waals surface area contributed by atoms with E-state index in [1.807, 2.05) is 25.7 Å². The molecule has 5 heteroatoms. The lowest BCUT2D eigenvalue weighted by Gasteiger charge is -2.30. The Morgan fingerprint density at radius 3 is 2.53 bits per heavy atom. The van der Waals surface area contributed by atoms with E-state index in [0.29, 0.717) is 19.5 Å². The van der Waals surface area contributed by atoms with Crippen molar-refractivity contribution in [2.45, 2.75) is 39.7 Å². The molecule has 1 N–H and O–H groups in total. The molecule has 0 aromatic carbocycles. The van der Waals surface area contributed by atoms with Gasteiger partial charge < -0.3 is 14.9 Å². The first-order valence-corrected chi connectivity index (χ1v) is 6.25. The van der Waals surface area contributed by atoms with Gasteiger partial charge in [0.15, 0.2) is 0 Å². The van der Waals surface area contributed by atoms with Crippen LogP contribution in [0.3, 0.4) is 0 Å². The Hall–Kier alpha value is -1.26. The third kappa shape index (κ3) is 3.35. The van der Waals surface area contributed by atoms with Crippen LogP contribution in [0.1, 0.15) is 33.6 Å². The molecule has 1 unspecified atom stereocenters. The first-order valence-electron chi connectivity index (χ1n) is 6.25. The van der Waals surface area contributed by atoms with E-state index in [2.05, 4.69) is 0 Å². The molecule has 1 saturated heterocycles. The van der Waals surface area contributed by atoms with Crippen LogP contribution in [-0.2, 0) is 4.79 Å². The van der Waals surface area contributed by atoms with Crippen LogP contribution in [0.5, 0.6) is 0 Å². The van der Waals surface area contributed by atoms with Crippen LogP contribution in [0.4, 0.5) is 4.79 Å². The minimum absolute atomic E-state index is 0.0226. The molecular weight excluding hydrogens is 220 g/mol. The van der Waals surface area contributed by atoms with Gasteiger partial charge in [-0.2, -0.15) is 0 Å². The molecule has 1 rings (SSSR count). The van der Waals surface area contributed by atoms with Gasteiger partial charge in [0.05, 0.1) is 5.92 Å². The monoisotopic (exact) mass is 242 g/mol. The summed E-state index contributed by atoms with van der Waals surface area (Å²) < 4.78 is 0. The van der Waals surface area contributed by atoms with E-state index in [1.165, 1.54) is 0 Å². The Morgan fingerprint density at radius 1 is 1.47 bits per heavy atom. The number of carbonyl (C=O) groups is 2. The van der Waals surface area contributed by atoms with Crippen LogP contribution in [0.2, 0.25) is 0 Å². The average molecular weight is 242 g/mol. The highest BCUT2D eigenvalue weighted by Crippen LogP contribution is 2.18. The highest BCUT2D eigenvalue weighted by atomic mass is 16.4. The Morgan fingerprint density at radius 2 is 2.12 bits per heavy atom. The van der Waals surface area contributed by atoms with Crippen molar-refractivity contribution in [3.63, 3.8) is 0 Å². The minimum atomic E-state index is -0.799. The highest BCUT2D eigenvalue weighted by molar-refractivity contribution is 5.77. The van der Waals surface area contributed by atoms with E-state index >= 15 is 0 Å². The van der Waals surface area contributed by atoms with Crippen molar-refractivity contribution in [3.05, 3.63) is 0 Å². The average Bonchev–Trinajstić information content (AvgIpc) is 2.73. The normalized spacial score (nSPS) is 19.8. The lowest BCUT2D eigenvalue weighted by molar-refractivity contribution is -0.141. The number of nitrogens with zero attached hydrogens (tertiary/aromatic N) is 2. The molecule has 1 atom stereocenters. The van der Waals surface area contributed by atoms with Gasteiger partial charge in [-0.15, -0.1) is 0 Å². The van der Waals surface area contributed by atoms with Crippen molar-refractivity contribution >= 4 is 12.0 Å². The molecule has 1 aliphatic rings. The van der Waals surface area contributed by atoms with Gasteiger partial charge in [0, 0.05) is 25.7 Å². The molecule has 0 radical (unpaired) electrons. The molecule has 0 saturated carbocycles. The fraction of sp³-hybridized carbons (Fsp3) is 0.833. The highest BCUT2D eigenvalue weighted by Gasteiger charge is 2.33. The van der Waals surface area contributed by atoms with Gasteiger partial charge in [0.2, 0.25) is 0 Å². The van der Waals surface area contributed by atoms with E-state index in [-0.39, 0.29) is 12.1 Å². The molecule has 0 aliphatic carbocycles. The topological polar surface area (TPSA) is 60.9 Å². The van der Waals surface area contributed by atoms with Crippen molar-refractivity contribution in [3.8, 4) is 0 Å². The van der Waals surface area contributed by atoms with Crippen LogP contribution in [-0.4, -0.2) is 52.6 Å². The van der Waals surface area contributed by atoms with Crippen LogP contribution in [0, 0.1) is 5.92 Å². The molecule has 1 aliphatic heterocycles. The fourth-order valence-electron chi connectivity index (χ4n) is 2.13. The molecule has 2 amide bonds. The molecule has 0 bridgehead atoms. The zero-order valence-electron chi connectivity index (χ0n) is 10.8. The van der Waals surface area contributed by atoms with Crippen LogP contribution in [0.25, 0.3) is 0 Å². The predicted molar refractivity (Wildman–Crippen MR) is 64.8 cm³/mol. The number of carboxylic acids is 1. The first-order chi connectivity index (χ1) is 7.97. The Kier molecular flexibility index (Phi) is 4.78. The van der Waals surface area contributed by atoms with E-state index in [9.17, 15) is 9.59 Å². The summed E-state index contributed by atoms with van der Waals surface area (Å²) >= 11 is 0. The summed E-state index contributed by atoms with van der Waals surface area (Å²) in [4.78, 5) is 26.5. The lowest BCUT2D eigenvalue weighted by atomic mass is 10.1. The van der Waals surface area contributed by atoms with E-state index in [1.54, 1.807) is 4.90 Å². The van der Waals surface area contributed by atoms with Gasteiger partial charge in [0.25, 0.3) is 0 Å². The summed E-state index contributed by atoms with van der Waals surface area (Å²) in [6.07, 6.45) is 1.49. The van der Waals surface area contributed by atoms with E-state index < -0.39 is 11.9 Å². The summed E-state index contributed by atoms with van der Waals surface area (Å²) in [5.74, 6) is -1.19. The predicted octanol–water partition coefficient (Wildman–Crippen LogP) is 1.63. The smallest absolute Gasteiger partial charge is 0.320 e. The van der Waals surface area contributed by atoms with Gasteiger partial charge in [-0.05, 0) is 26.7 Å². The van der Waals surface area contributed by atoms with Gasteiger partial charge >= 0.3 is 12.0 Å². The van der Waals surface area contributed by atoms with E-state index in [0.717, 1.165) is 13.0 Å². The number of aliphatic carboxylic acids is 1. The Labute approximate surface area is 102 Å². The lowest BCUT2D eigenvalue weighted by Crippen LogP contribution is -2.46. The Balaban J connectivity index is 2.60. The van der Waals surface area contributed by atoms with Gasteiger partial charge in [0.1, 0.15) is 0 Å². The molecular formula is C12H22N2O3. The number of hydrogen-bond donors (Lipinski definition) is 1. The molecule has 1 fully saturated rings. The second-order valence-electron chi connectivity index (χ2n) is 4.84. The molecule has 1 heterocycles. The summed E-state index contributed by atoms with van der Waals surface area (Å²) in [5.41, 5.74) is 0. The van der Waals surface area contributed by atoms with Crippen LogP contribution in [0.15, 0.2) is 0 Å². The van der Waals surface area contributed by atoms with Crippen LogP contribution < -0.4 is 0 Å². The third-order valence-corrected chi connectivity index (χ3v) is 3.14. The van der Waals surface area contributed by atoms with Gasteiger partial charge in [-0.3, -0.25) is 4.79 Å². The number of rotatable bonds is 4. The SMILES string of the molecule is CCCN(C(=O)N1CCC(C(=O)O)C1)C(C)C. The van der Waals surface area contributed by atoms with Gasteiger partial charge in [-0.1, -0.05) is 6.92 Å². The number of urea groups is 1. The summed E-state index contributed by atoms with van der Waals surface area (Å²) in [5, 5.41) is 8.91. The molecule has 5 nitrogen and oxygen atoms in total. The number of likely N-dealkylation sites (tertiary alicyclic amines) is 1. The van der Waals surface area contributed by atoms with Gasteiger partial charge in [-0.25, -0.2) is 4.79 Å². The van der Waals surface area contributed by atoms with Crippen LogP contribution >= 0.6 is 0 Å². The molecule has 0 aromatic heterocycles. The zero-order valence-corrected chi connectivity index (χ0v) is 10.8. The number of hydrogen-bond acceptors (Lipinski definition) is 2. The fourth-order valence-corrected chi connectivity index (χ4v) is 2.13. The zero-order chi connectivity index (χ0) is 13.0. The maximum absolute atomic E-state index is 12.2. The largest absolute Gasteiger partial charge is 0.481 e. The van der Waals surface area contributed by atoms with E-state index in [4.69, 9.17) is 5.11 Å². The number of amides is 2.